The quantitative estimate of drug-likeness (QED) is 0.516. The summed E-state index contributed by atoms with van der Waals surface area (Å²) in [7, 11) is 0. The summed E-state index contributed by atoms with van der Waals surface area (Å²) in [6, 6.07) is 5.73. The second-order valence-corrected chi connectivity index (χ2v) is 6.08. The van der Waals surface area contributed by atoms with Crippen LogP contribution >= 0.6 is 11.7 Å². The number of fused-ring (bicyclic) bond motifs is 2. The molecule has 0 saturated heterocycles. The highest BCUT2D eigenvalue weighted by atomic mass is 32.1. The first kappa shape index (κ1) is 14.8. The molecule has 0 aliphatic heterocycles. The van der Waals surface area contributed by atoms with Crippen molar-refractivity contribution in [1.82, 2.24) is 43.5 Å². The van der Waals surface area contributed by atoms with E-state index in [2.05, 4.69) is 39.4 Å². The SMILES string of the molecule is CCn1cc(Nc2ncc3nnn(-c4ccc5nsnc5c4)c3n2)cn1. The molecule has 26 heavy (non-hydrogen) atoms. The molecule has 1 aromatic carbocycles. The van der Waals surface area contributed by atoms with Gasteiger partial charge in [0.25, 0.3) is 0 Å². The van der Waals surface area contributed by atoms with Crippen LogP contribution in [0.1, 0.15) is 6.92 Å². The lowest BCUT2D eigenvalue weighted by molar-refractivity contribution is 0.660. The molecule has 0 atom stereocenters. The van der Waals surface area contributed by atoms with E-state index < -0.39 is 0 Å². The summed E-state index contributed by atoms with van der Waals surface area (Å²) in [4.78, 5) is 8.85. The summed E-state index contributed by atoms with van der Waals surface area (Å²) >= 11 is 1.18. The molecule has 4 heterocycles. The van der Waals surface area contributed by atoms with E-state index in [1.165, 1.54) is 11.7 Å². The molecule has 0 fully saturated rings. The minimum atomic E-state index is 0.452. The first-order chi connectivity index (χ1) is 12.8. The fourth-order valence-corrected chi connectivity index (χ4v) is 3.11. The number of nitrogens with one attached hydrogen (secondary N) is 1. The van der Waals surface area contributed by atoms with Gasteiger partial charge in [0, 0.05) is 12.7 Å². The van der Waals surface area contributed by atoms with Crippen molar-refractivity contribution in [2.45, 2.75) is 13.5 Å². The van der Waals surface area contributed by atoms with Crippen LogP contribution in [0.5, 0.6) is 0 Å². The maximum atomic E-state index is 4.55. The molecule has 0 spiro atoms. The number of hydrogen-bond donors (Lipinski definition) is 1. The Labute approximate surface area is 150 Å². The van der Waals surface area contributed by atoms with Gasteiger partial charge in [-0.25, -0.2) is 4.98 Å². The van der Waals surface area contributed by atoms with Gasteiger partial charge in [-0.15, -0.1) is 5.10 Å². The zero-order chi connectivity index (χ0) is 17.5. The minimum absolute atomic E-state index is 0.452. The maximum Gasteiger partial charge on any atom is 0.229 e. The van der Waals surface area contributed by atoms with Gasteiger partial charge in [-0.05, 0) is 25.1 Å². The highest BCUT2D eigenvalue weighted by molar-refractivity contribution is 7.00. The molecule has 0 aliphatic rings. The molecule has 4 aromatic heterocycles. The van der Waals surface area contributed by atoms with Crippen molar-refractivity contribution in [2.75, 3.05) is 5.32 Å². The zero-order valence-corrected chi connectivity index (χ0v) is 14.4. The average molecular weight is 364 g/mol. The van der Waals surface area contributed by atoms with Gasteiger partial charge in [0.2, 0.25) is 5.95 Å². The Balaban J connectivity index is 1.55. The van der Waals surface area contributed by atoms with Crippen molar-refractivity contribution in [3.63, 3.8) is 0 Å². The first-order valence-electron chi connectivity index (χ1n) is 7.91. The van der Waals surface area contributed by atoms with Crippen molar-refractivity contribution in [1.29, 1.82) is 0 Å². The molecular formula is C15H12N10S. The van der Waals surface area contributed by atoms with Crippen molar-refractivity contribution < 1.29 is 0 Å². The monoisotopic (exact) mass is 364 g/mol. The Hall–Kier alpha value is -3.47. The van der Waals surface area contributed by atoms with Gasteiger partial charge in [-0.1, -0.05) is 5.21 Å². The predicted octanol–water partition coefficient (Wildman–Crippen LogP) is 2.18. The molecule has 10 nitrogen and oxygen atoms in total. The minimum Gasteiger partial charge on any atom is -0.321 e. The second-order valence-electron chi connectivity index (χ2n) is 5.55. The molecule has 5 rings (SSSR count). The van der Waals surface area contributed by atoms with Gasteiger partial charge in [0.05, 0.1) is 35.5 Å². The molecule has 0 saturated carbocycles. The van der Waals surface area contributed by atoms with Gasteiger partial charge in [-0.2, -0.15) is 23.5 Å². The van der Waals surface area contributed by atoms with Gasteiger partial charge < -0.3 is 5.32 Å². The van der Waals surface area contributed by atoms with E-state index >= 15 is 0 Å². The summed E-state index contributed by atoms with van der Waals surface area (Å²) < 4.78 is 12.0. The number of rotatable bonds is 4. The van der Waals surface area contributed by atoms with E-state index in [1.807, 2.05) is 36.0 Å². The summed E-state index contributed by atoms with van der Waals surface area (Å²) in [6.07, 6.45) is 5.27. The number of hydrogen-bond acceptors (Lipinski definition) is 9. The van der Waals surface area contributed by atoms with Crippen LogP contribution < -0.4 is 5.32 Å². The molecule has 0 unspecified atom stereocenters. The second kappa shape index (κ2) is 5.81. The van der Waals surface area contributed by atoms with E-state index in [0.29, 0.717) is 17.1 Å². The third-order valence-electron chi connectivity index (χ3n) is 3.89. The number of aryl methyl sites for hydroxylation is 1. The third-order valence-corrected chi connectivity index (χ3v) is 4.44. The van der Waals surface area contributed by atoms with Crippen LogP contribution in [0, 0.1) is 0 Å². The molecule has 0 amide bonds. The van der Waals surface area contributed by atoms with E-state index in [-0.39, 0.29) is 0 Å². The van der Waals surface area contributed by atoms with Crippen LogP contribution in [-0.4, -0.2) is 43.5 Å². The number of nitrogens with zero attached hydrogens (tertiary/aromatic N) is 9. The van der Waals surface area contributed by atoms with Crippen LogP contribution in [0.15, 0.2) is 36.8 Å². The summed E-state index contributed by atoms with van der Waals surface area (Å²) in [5, 5.41) is 15.7. The molecule has 0 bridgehead atoms. The molecule has 11 heteroatoms. The topological polar surface area (TPSA) is 112 Å². The largest absolute Gasteiger partial charge is 0.321 e. The first-order valence-corrected chi connectivity index (χ1v) is 8.64. The zero-order valence-electron chi connectivity index (χ0n) is 13.6. The average Bonchev–Trinajstić information content (AvgIpc) is 3.40. The predicted molar refractivity (Wildman–Crippen MR) is 96.6 cm³/mol. The molecule has 128 valence electrons. The Morgan fingerprint density at radius 3 is 2.92 bits per heavy atom. The van der Waals surface area contributed by atoms with Crippen LogP contribution in [0.2, 0.25) is 0 Å². The van der Waals surface area contributed by atoms with Crippen LogP contribution in [0.3, 0.4) is 0 Å². The van der Waals surface area contributed by atoms with Gasteiger partial charge in [0.1, 0.15) is 11.0 Å². The van der Waals surface area contributed by atoms with Gasteiger partial charge in [0.15, 0.2) is 11.2 Å². The highest BCUT2D eigenvalue weighted by Crippen LogP contribution is 2.20. The lowest BCUT2D eigenvalue weighted by atomic mass is 10.3. The fraction of sp³-hybridized carbons (Fsp3) is 0.133. The molecular weight excluding hydrogens is 352 g/mol. The van der Waals surface area contributed by atoms with E-state index in [9.17, 15) is 0 Å². The molecule has 0 radical (unpaired) electrons. The van der Waals surface area contributed by atoms with Crippen LogP contribution in [0.25, 0.3) is 27.9 Å². The van der Waals surface area contributed by atoms with Gasteiger partial charge in [-0.3, -0.25) is 4.68 Å². The van der Waals surface area contributed by atoms with Crippen molar-refractivity contribution >= 4 is 45.6 Å². The summed E-state index contributed by atoms with van der Waals surface area (Å²) in [5.74, 6) is 0.452. The Morgan fingerprint density at radius 2 is 2.04 bits per heavy atom. The highest BCUT2D eigenvalue weighted by Gasteiger charge is 2.12. The standard InChI is InChI=1S/C15H12N10S/c1-2-24-8-9(6-17-24)18-15-16-7-13-14(19-15)25(23-20-13)10-3-4-11-12(5-10)22-26-21-11/h3-8H,2H2,1H3,(H,16,18,19). The summed E-state index contributed by atoms with van der Waals surface area (Å²) in [5.41, 5.74) is 4.52. The Morgan fingerprint density at radius 1 is 1.12 bits per heavy atom. The van der Waals surface area contributed by atoms with E-state index in [0.717, 1.165) is 29.0 Å². The summed E-state index contributed by atoms with van der Waals surface area (Å²) in [6.45, 7) is 2.82. The Bertz CT molecular complexity index is 1220. The van der Waals surface area contributed by atoms with Crippen LogP contribution in [-0.2, 0) is 6.54 Å². The van der Waals surface area contributed by atoms with Crippen molar-refractivity contribution in [2.24, 2.45) is 0 Å². The third kappa shape index (κ3) is 2.45. The van der Waals surface area contributed by atoms with E-state index in [4.69, 9.17) is 0 Å². The van der Waals surface area contributed by atoms with Gasteiger partial charge >= 0.3 is 0 Å². The smallest absolute Gasteiger partial charge is 0.229 e. The van der Waals surface area contributed by atoms with E-state index in [1.54, 1.807) is 17.1 Å². The fourth-order valence-electron chi connectivity index (χ4n) is 2.59. The van der Waals surface area contributed by atoms with Crippen molar-refractivity contribution in [3.8, 4) is 5.69 Å². The molecule has 0 aliphatic carbocycles. The molecule has 5 aromatic rings. The molecule has 1 N–H and O–H groups in total. The van der Waals surface area contributed by atoms with Crippen LogP contribution in [0.4, 0.5) is 11.6 Å². The maximum absolute atomic E-state index is 4.55. The Kier molecular flexibility index (Phi) is 3.31. The lowest BCUT2D eigenvalue weighted by Gasteiger charge is -2.03. The number of aromatic nitrogens is 9. The number of benzene rings is 1. The number of anilines is 2. The lowest BCUT2D eigenvalue weighted by Crippen LogP contribution is -2.01. The normalized spacial score (nSPS) is 11.4. The van der Waals surface area contributed by atoms with Crippen molar-refractivity contribution in [3.05, 3.63) is 36.8 Å².